The maximum atomic E-state index is 12.4. The summed E-state index contributed by atoms with van der Waals surface area (Å²) in [5, 5.41) is 4.78. The summed E-state index contributed by atoms with van der Waals surface area (Å²) in [5.41, 5.74) is -0.443. The lowest BCUT2D eigenvalue weighted by molar-refractivity contribution is 0.297. The molecule has 1 aromatic heterocycles. The number of aryl methyl sites for hydroxylation is 1. The van der Waals surface area contributed by atoms with Gasteiger partial charge in [-0.25, -0.2) is 4.68 Å². The van der Waals surface area contributed by atoms with Crippen molar-refractivity contribution in [1.82, 2.24) is 9.78 Å². The molecule has 1 heterocycles. The van der Waals surface area contributed by atoms with Crippen LogP contribution >= 0.6 is 0 Å². The number of fused-ring (bicyclic) bond motifs is 1. The topological polar surface area (TPSA) is 153 Å². The quantitative estimate of drug-likeness (QED) is 0.443. The smallest absolute Gasteiger partial charge is 0.274 e. The van der Waals surface area contributed by atoms with Crippen LogP contribution in [0.3, 0.4) is 0 Å². The van der Waals surface area contributed by atoms with E-state index in [9.17, 15) is 21.6 Å². The molecule has 1 aromatic carbocycles. The highest BCUT2D eigenvalue weighted by Crippen LogP contribution is 2.20. The van der Waals surface area contributed by atoms with Gasteiger partial charge < -0.3 is 4.74 Å². The van der Waals surface area contributed by atoms with Crippen LogP contribution in [-0.4, -0.2) is 53.8 Å². The molecule has 2 aromatic rings. The SMILES string of the molecule is O=c1c2ccccc2c(OCCCS(=O)(=O)O)nn1CCCS(=O)(=O)O. The van der Waals surface area contributed by atoms with E-state index >= 15 is 0 Å². The van der Waals surface area contributed by atoms with Crippen LogP contribution in [0, 0.1) is 0 Å². The zero-order valence-corrected chi connectivity index (χ0v) is 15.2. The van der Waals surface area contributed by atoms with E-state index in [1.54, 1.807) is 24.3 Å². The van der Waals surface area contributed by atoms with Gasteiger partial charge in [0.1, 0.15) is 0 Å². The van der Waals surface area contributed by atoms with Crippen molar-refractivity contribution >= 4 is 31.0 Å². The summed E-state index contributed by atoms with van der Waals surface area (Å²) < 4.78 is 67.0. The molecule has 0 spiro atoms. The second-order valence-electron chi connectivity index (χ2n) is 5.51. The number of hydrogen-bond acceptors (Lipinski definition) is 7. The minimum atomic E-state index is -4.15. The Kier molecular flexibility index (Phi) is 6.34. The molecular formula is C14H18N2O8S2. The predicted octanol–water partition coefficient (Wildman–Crippen LogP) is 0.331. The standard InChI is InChI=1S/C14H18N2O8S2/c17-14-12-6-2-1-5-11(12)13(24-8-4-10-26(21,22)23)15-16(14)7-3-9-25(18,19)20/h1-2,5-6H,3-4,7-10H2,(H,18,19,20)(H,21,22,23). The normalized spacial score (nSPS) is 12.4. The zero-order chi connectivity index (χ0) is 19.4. The van der Waals surface area contributed by atoms with Crippen LogP contribution < -0.4 is 10.3 Å². The van der Waals surface area contributed by atoms with Gasteiger partial charge in [-0.1, -0.05) is 12.1 Å². The van der Waals surface area contributed by atoms with Gasteiger partial charge in [-0.15, -0.1) is 5.10 Å². The highest BCUT2D eigenvalue weighted by atomic mass is 32.2. The number of hydrogen-bond donors (Lipinski definition) is 2. The van der Waals surface area contributed by atoms with Crippen molar-refractivity contribution in [3.63, 3.8) is 0 Å². The molecule has 0 aliphatic heterocycles. The first-order chi connectivity index (χ1) is 12.1. The van der Waals surface area contributed by atoms with E-state index in [0.717, 1.165) is 4.68 Å². The Morgan fingerprint density at radius 3 is 2.15 bits per heavy atom. The van der Waals surface area contributed by atoms with E-state index in [1.807, 2.05) is 0 Å². The third-order valence-corrected chi connectivity index (χ3v) is 5.00. The summed E-state index contributed by atoms with van der Waals surface area (Å²) >= 11 is 0. The predicted molar refractivity (Wildman–Crippen MR) is 93.6 cm³/mol. The van der Waals surface area contributed by atoms with Crippen molar-refractivity contribution in [1.29, 1.82) is 0 Å². The van der Waals surface area contributed by atoms with Crippen molar-refractivity contribution in [3.05, 3.63) is 34.6 Å². The van der Waals surface area contributed by atoms with E-state index in [4.69, 9.17) is 13.8 Å². The van der Waals surface area contributed by atoms with Gasteiger partial charge in [0.15, 0.2) is 0 Å². The highest BCUT2D eigenvalue weighted by Gasteiger charge is 2.13. The fraction of sp³-hybridized carbons (Fsp3) is 0.429. The lowest BCUT2D eigenvalue weighted by Crippen LogP contribution is -2.25. The summed E-state index contributed by atoms with van der Waals surface area (Å²) in [4.78, 5) is 12.4. The number of rotatable bonds is 9. The fourth-order valence-electron chi connectivity index (χ4n) is 2.27. The van der Waals surface area contributed by atoms with Crippen LogP contribution in [-0.2, 0) is 26.8 Å². The van der Waals surface area contributed by atoms with Gasteiger partial charge >= 0.3 is 0 Å². The van der Waals surface area contributed by atoms with Crippen molar-refractivity contribution in [3.8, 4) is 5.88 Å². The number of nitrogens with zero attached hydrogens (tertiary/aromatic N) is 2. The molecule has 12 heteroatoms. The van der Waals surface area contributed by atoms with Gasteiger partial charge in [-0.3, -0.25) is 13.9 Å². The molecule has 0 aliphatic carbocycles. The Balaban J connectivity index is 2.24. The van der Waals surface area contributed by atoms with Crippen molar-refractivity contribution in [2.24, 2.45) is 0 Å². The van der Waals surface area contributed by atoms with Gasteiger partial charge in [0.2, 0.25) is 5.88 Å². The second kappa shape index (κ2) is 8.12. The Labute approximate surface area is 149 Å². The molecular weight excluding hydrogens is 388 g/mol. The van der Waals surface area contributed by atoms with Gasteiger partial charge in [0.25, 0.3) is 25.8 Å². The Morgan fingerprint density at radius 2 is 1.54 bits per heavy atom. The average molecular weight is 406 g/mol. The summed E-state index contributed by atoms with van der Waals surface area (Å²) in [6, 6.07) is 6.50. The number of ether oxygens (including phenoxy) is 1. The van der Waals surface area contributed by atoms with Crippen molar-refractivity contribution in [2.75, 3.05) is 18.1 Å². The summed E-state index contributed by atoms with van der Waals surface area (Å²) in [6.07, 6.45) is 0.00298. The molecule has 2 rings (SSSR count). The molecule has 2 N–H and O–H groups in total. The van der Waals surface area contributed by atoms with Crippen molar-refractivity contribution in [2.45, 2.75) is 19.4 Å². The lowest BCUT2D eigenvalue weighted by atomic mass is 10.2. The third kappa shape index (κ3) is 6.05. The molecule has 10 nitrogen and oxygen atoms in total. The second-order valence-corrected chi connectivity index (χ2v) is 8.65. The van der Waals surface area contributed by atoms with Gasteiger partial charge in [0.05, 0.1) is 28.9 Å². The molecule has 0 atom stereocenters. The molecule has 0 fully saturated rings. The largest absolute Gasteiger partial charge is 0.476 e. The Hall–Kier alpha value is -2.02. The highest BCUT2D eigenvalue weighted by molar-refractivity contribution is 7.86. The monoisotopic (exact) mass is 406 g/mol. The van der Waals surface area contributed by atoms with Crippen LogP contribution in [0.1, 0.15) is 12.8 Å². The Morgan fingerprint density at radius 1 is 0.962 bits per heavy atom. The van der Waals surface area contributed by atoms with Gasteiger partial charge in [0, 0.05) is 6.54 Å². The molecule has 0 saturated heterocycles. The summed E-state index contributed by atoms with van der Waals surface area (Å²) in [6.45, 7) is -0.106. The van der Waals surface area contributed by atoms with Crippen LogP contribution in [0.15, 0.2) is 29.1 Å². The van der Waals surface area contributed by atoms with E-state index in [0.29, 0.717) is 10.8 Å². The first-order valence-corrected chi connectivity index (χ1v) is 10.8. The molecule has 26 heavy (non-hydrogen) atoms. The summed E-state index contributed by atoms with van der Waals surface area (Å²) in [7, 11) is -8.24. The van der Waals surface area contributed by atoms with Crippen molar-refractivity contribution < 1.29 is 30.7 Å². The zero-order valence-electron chi connectivity index (χ0n) is 13.6. The molecule has 144 valence electrons. The first kappa shape index (κ1) is 20.3. The maximum absolute atomic E-state index is 12.4. The molecule has 0 bridgehead atoms. The van der Waals surface area contributed by atoms with Crippen LogP contribution in [0.2, 0.25) is 0 Å². The summed E-state index contributed by atoms with van der Waals surface area (Å²) in [5.74, 6) is -0.903. The lowest BCUT2D eigenvalue weighted by Gasteiger charge is -2.11. The van der Waals surface area contributed by atoms with E-state index in [2.05, 4.69) is 5.10 Å². The van der Waals surface area contributed by atoms with Crippen LogP contribution in [0.5, 0.6) is 5.88 Å². The van der Waals surface area contributed by atoms with Crippen LogP contribution in [0.25, 0.3) is 10.8 Å². The Bertz CT molecular complexity index is 1040. The van der Waals surface area contributed by atoms with E-state index < -0.39 is 37.3 Å². The molecule has 0 unspecified atom stereocenters. The minimum Gasteiger partial charge on any atom is -0.476 e. The van der Waals surface area contributed by atoms with E-state index in [1.165, 1.54) is 0 Å². The minimum absolute atomic E-state index is 0.0216. The van der Waals surface area contributed by atoms with Crippen LogP contribution in [0.4, 0.5) is 0 Å². The number of aromatic nitrogens is 2. The van der Waals surface area contributed by atoms with Gasteiger partial charge in [-0.2, -0.15) is 16.8 Å². The van der Waals surface area contributed by atoms with E-state index in [-0.39, 0.29) is 31.9 Å². The fourth-order valence-corrected chi connectivity index (χ4v) is 3.25. The number of benzene rings is 1. The molecule has 0 amide bonds. The molecule has 0 saturated carbocycles. The van der Waals surface area contributed by atoms with Gasteiger partial charge in [-0.05, 0) is 25.0 Å². The average Bonchev–Trinajstić information content (AvgIpc) is 2.53. The molecule has 0 radical (unpaired) electrons. The molecule has 0 aliphatic rings. The third-order valence-electron chi connectivity index (χ3n) is 3.39. The maximum Gasteiger partial charge on any atom is 0.274 e. The first-order valence-electron chi connectivity index (χ1n) is 7.60.